The van der Waals surface area contributed by atoms with Gasteiger partial charge in [-0.05, 0) is 13.8 Å². The lowest BCUT2D eigenvalue weighted by molar-refractivity contribution is -0.142. The Morgan fingerprint density at radius 3 is 2.31 bits per heavy atom. The van der Waals surface area contributed by atoms with Crippen molar-refractivity contribution in [2.45, 2.75) is 26.1 Å². The van der Waals surface area contributed by atoms with E-state index < -0.39 is 34.2 Å². The normalized spacial score (nSPS) is 15.8. The van der Waals surface area contributed by atoms with E-state index in [9.17, 15) is 21.5 Å². The molecular formula is C8H14F2O5S. The van der Waals surface area contributed by atoms with Crippen LogP contribution in [0.25, 0.3) is 0 Å². The zero-order valence-electron chi connectivity index (χ0n) is 8.98. The summed E-state index contributed by atoms with van der Waals surface area (Å²) in [6.07, 6.45) is -1.74. The average Bonchev–Trinajstić information content (AvgIpc) is 2.11. The molecular weight excluding hydrogens is 246 g/mol. The summed E-state index contributed by atoms with van der Waals surface area (Å²) >= 11 is 0. The van der Waals surface area contributed by atoms with Crippen LogP contribution >= 0.6 is 0 Å². The highest BCUT2D eigenvalue weighted by Crippen LogP contribution is 2.00. The first-order valence-corrected chi connectivity index (χ1v) is 6.12. The summed E-state index contributed by atoms with van der Waals surface area (Å²) in [5.74, 6) is -0.741. The topological polar surface area (TPSA) is 69.7 Å². The molecule has 16 heavy (non-hydrogen) atoms. The van der Waals surface area contributed by atoms with E-state index in [0.29, 0.717) is 0 Å². The Morgan fingerprint density at radius 2 is 1.88 bits per heavy atom. The van der Waals surface area contributed by atoms with Gasteiger partial charge < -0.3 is 9.47 Å². The molecule has 8 heteroatoms. The second-order valence-corrected chi connectivity index (χ2v) is 4.69. The van der Waals surface area contributed by atoms with Crippen molar-refractivity contribution in [2.75, 3.05) is 19.0 Å². The summed E-state index contributed by atoms with van der Waals surface area (Å²) in [6.45, 7) is 2.37. The highest BCUT2D eigenvalue weighted by atomic mass is 32.3. The minimum atomic E-state index is -4.54. The van der Waals surface area contributed by atoms with Crippen molar-refractivity contribution in [3.05, 3.63) is 0 Å². The predicted molar refractivity (Wildman–Crippen MR) is 51.8 cm³/mol. The lowest BCUT2D eigenvalue weighted by Crippen LogP contribution is -2.25. The Labute approximate surface area is 92.9 Å². The number of carbonyl (C=O) groups excluding carboxylic acids is 1. The van der Waals surface area contributed by atoms with Gasteiger partial charge in [-0.15, -0.1) is 3.89 Å². The molecule has 0 aromatic rings. The summed E-state index contributed by atoms with van der Waals surface area (Å²) < 4.78 is 53.9. The molecule has 0 N–H and O–H groups in total. The van der Waals surface area contributed by atoms with E-state index in [0.717, 1.165) is 0 Å². The molecule has 0 fully saturated rings. The molecule has 2 atom stereocenters. The van der Waals surface area contributed by atoms with Crippen LogP contribution in [0.2, 0.25) is 0 Å². The number of hydrogen-bond acceptors (Lipinski definition) is 5. The number of hydrogen-bond donors (Lipinski definition) is 0. The monoisotopic (exact) mass is 260 g/mol. The summed E-state index contributed by atoms with van der Waals surface area (Å²) in [6, 6.07) is -1.60. The lowest BCUT2D eigenvalue weighted by Gasteiger charge is -2.14. The fraction of sp³-hybridized carbons (Fsp3) is 0.875. The number of rotatable bonds is 8. The molecule has 0 spiro atoms. The molecule has 96 valence electrons. The maximum absolute atomic E-state index is 12.0. The summed E-state index contributed by atoms with van der Waals surface area (Å²) in [7, 11) is -4.54. The zero-order valence-corrected chi connectivity index (χ0v) is 9.80. The van der Waals surface area contributed by atoms with Gasteiger partial charge in [0.05, 0.1) is 19.3 Å². The minimum Gasteiger partial charge on any atom is -0.375 e. The highest BCUT2D eigenvalue weighted by Gasteiger charge is 2.14. The van der Waals surface area contributed by atoms with Crippen LogP contribution in [0.3, 0.4) is 0 Å². The van der Waals surface area contributed by atoms with Crippen LogP contribution in [0.5, 0.6) is 0 Å². The first kappa shape index (κ1) is 15.4. The molecule has 0 aromatic heterocycles. The average molecular weight is 260 g/mol. The quantitative estimate of drug-likeness (QED) is 0.597. The van der Waals surface area contributed by atoms with Gasteiger partial charge in [0.25, 0.3) is 0 Å². The van der Waals surface area contributed by atoms with Gasteiger partial charge in [0.15, 0.2) is 0 Å². The smallest absolute Gasteiger partial charge is 0.329 e. The molecule has 0 rings (SSSR count). The molecule has 0 aliphatic carbocycles. The molecule has 0 heterocycles. The molecule has 0 saturated carbocycles. The molecule has 0 bridgehead atoms. The third-order valence-corrected chi connectivity index (χ3v) is 2.28. The van der Waals surface area contributed by atoms with Crippen molar-refractivity contribution < 1.29 is 31.0 Å². The molecule has 0 saturated heterocycles. The van der Waals surface area contributed by atoms with Crippen LogP contribution in [0.4, 0.5) is 8.28 Å². The fourth-order valence-corrected chi connectivity index (χ4v) is 1.04. The molecule has 0 aromatic carbocycles. The minimum absolute atomic E-state index is 0.0802. The number of carbonyl (C=O) groups is 1. The van der Waals surface area contributed by atoms with E-state index in [4.69, 9.17) is 9.47 Å². The van der Waals surface area contributed by atoms with Crippen molar-refractivity contribution in [1.29, 1.82) is 0 Å². The summed E-state index contributed by atoms with van der Waals surface area (Å²) in [4.78, 5) is 10.1. The van der Waals surface area contributed by atoms with E-state index >= 15 is 0 Å². The molecule has 2 unspecified atom stereocenters. The van der Waals surface area contributed by atoms with Gasteiger partial charge in [0.2, 0.25) is 0 Å². The Kier molecular flexibility index (Phi) is 6.61. The van der Waals surface area contributed by atoms with Gasteiger partial charge in [-0.2, -0.15) is 12.8 Å². The molecule has 0 aliphatic heterocycles. The lowest BCUT2D eigenvalue weighted by atomic mass is 10.4. The summed E-state index contributed by atoms with van der Waals surface area (Å²) in [5, 5.41) is 0. The zero-order chi connectivity index (χ0) is 12.8. The maximum atomic E-state index is 12.0. The van der Waals surface area contributed by atoms with E-state index in [1.165, 1.54) is 13.8 Å². The third-order valence-electron chi connectivity index (χ3n) is 1.63. The fourth-order valence-electron chi connectivity index (χ4n) is 0.742. The number of halogens is 2. The second-order valence-electron chi connectivity index (χ2n) is 3.20. The van der Waals surface area contributed by atoms with Crippen LogP contribution < -0.4 is 0 Å². The Morgan fingerprint density at radius 1 is 1.31 bits per heavy atom. The van der Waals surface area contributed by atoms with Crippen LogP contribution in [0.1, 0.15) is 13.8 Å². The van der Waals surface area contributed by atoms with Gasteiger partial charge in [0, 0.05) is 0 Å². The first-order chi connectivity index (χ1) is 7.22. The van der Waals surface area contributed by atoms with E-state index in [1.807, 2.05) is 0 Å². The van der Waals surface area contributed by atoms with Crippen molar-refractivity contribution in [3.8, 4) is 0 Å². The van der Waals surface area contributed by atoms with Crippen LogP contribution in [0.15, 0.2) is 0 Å². The second kappa shape index (κ2) is 6.87. The first-order valence-electron chi connectivity index (χ1n) is 4.57. The Balaban J connectivity index is 3.67. The standard InChI is InChI=1S/C8H14F2O5S/c1-6(5-15-7(2)8(9)11)14-3-4-16(10,12)13/h6-7H,3-5H2,1-2H3. The third kappa shape index (κ3) is 8.69. The largest absolute Gasteiger partial charge is 0.375 e. The highest BCUT2D eigenvalue weighted by molar-refractivity contribution is 7.86. The molecule has 0 aliphatic rings. The Bertz CT molecular complexity index is 316. The molecule has 0 amide bonds. The van der Waals surface area contributed by atoms with Gasteiger partial charge in [0.1, 0.15) is 11.9 Å². The molecule has 0 radical (unpaired) electrons. The van der Waals surface area contributed by atoms with Gasteiger partial charge in [-0.25, -0.2) is 0 Å². The van der Waals surface area contributed by atoms with Gasteiger partial charge in [-0.3, -0.25) is 4.79 Å². The van der Waals surface area contributed by atoms with Crippen LogP contribution in [-0.2, 0) is 24.5 Å². The number of ether oxygens (including phenoxy) is 2. The van der Waals surface area contributed by atoms with E-state index in [1.54, 1.807) is 0 Å². The maximum Gasteiger partial charge on any atom is 0.329 e. The van der Waals surface area contributed by atoms with E-state index in [2.05, 4.69) is 0 Å². The van der Waals surface area contributed by atoms with Gasteiger partial charge >= 0.3 is 16.3 Å². The van der Waals surface area contributed by atoms with Crippen molar-refractivity contribution in [3.63, 3.8) is 0 Å². The molecule has 5 nitrogen and oxygen atoms in total. The SMILES string of the molecule is CC(COC(C)C(=O)F)OCCS(=O)(=O)F. The van der Waals surface area contributed by atoms with E-state index in [-0.39, 0.29) is 13.2 Å². The Hall–Kier alpha value is -0.600. The van der Waals surface area contributed by atoms with Gasteiger partial charge in [-0.1, -0.05) is 0 Å². The summed E-state index contributed by atoms with van der Waals surface area (Å²) in [5.41, 5.74) is 0. The van der Waals surface area contributed by atoms with Crippen molar-refractivity contribution in [1.82, 2.24) is 0 Å². The van der Waals surface area contributed by atoms with Crippen LogP contribution in [0, 0.1) is 0 Å². The van der Waals surface area contributed by atoms with Crippen molar-refractivity contribution in [2.24, 2.45) is 0 Å². The van der Waals surface area contributed by atoms with Crippen molar-refractivity contribution >= 4 is 16.3 Å². The van der Waals surface area contributed by atoms with Crippen LogP contribution in [-0.4, -0.2) is 45.6 Å². The predicted octanol–water partition coefficient (Wildman–Crippen LogP) is 0.592.